The molecule has 10 heavy (non-hydrogen) atoms. The van der Waals surface area contributed by atoms with Crippen molar-refractivity contribution in [2.45, 2.75) is 19.8 Å². The molecule has 0 bridgehead atoms. The lowest BCUT2D eigenvalue weighted by Gasteiger charge is -1.92. The second kappa shape index (κ2) is 3.20. The van der Waals surface area contributed by atoms with Crippen LogP contribution in [0.3, 0.4) is 0 Å². The molecule has 0 atom stereocenters. The maximum absolute atomic E-state index is 10.6. The van der Waals surface area contributed by atoms with Gasteiger partial charge in [0, 0.05) is 12.5 Å². The van der Waals surface area contributed by atoms with Crippen molar-refractivity contribution in [3.63, 3.8) is 0 Å². The standard InChI is InChI=1S/C8H10O2/c1-2-4-7-5-3-6-8(9)10-7/h3,5-6H,2,4H2,1H3. The summed E-state index contributed by atoms with van der Waals surface area (Å²) in [4.78, 5) is 10.6. The van der Waals surface area contributed by atoms with Crippen LogP contribution in [0.1, 0.15) is 19.1 Å². The molecule has 0 N–H and O–H groups in total. The molecular weight excluding hydrogens is 128 g/mol. The van der Waals surface area contributed by atoms with Crippen molar-refractivity contribution >= 4 is 0 Å². The highest BCUT2D eigenvalue weighted by atomic mass is 16.4. The van der Waals surface area contributed by atoms with Gasteiger partial charge in [0.25, 0.3) is 0 Å². The molecule has 0 aromatic carbocycles. The van der Waals surface area contributed by atoms with Gasteiger partial charge in [0.15, 0.2) is 0 Å². The summed E-state index contributed by atoms with van der Waals surface area (Å²) in [6, 6.07) is 4.96. The average molecular weight is 138 g/mol. The molecule has 0 aliphatic heterocycles. The highest BCUT2D eigenvalue weighted by Crippen LogP contribution is 1.97. The summed E-state index contributed by atoms with van der Waals surface area (Å²) in [5.41, 5.74) is -0.258. The van der Waals surface area contributed by atoms with Crippen molar-refractivity contribution in [2.24, 2.45) is 0 Å². The highest BCUT2D eigenvalue weighted by Gasteiger charge is 1.91. The van der Waals surface area contributed by atoms with Crippen LogP contribution in [-0.4, -0.2) is 0 Å². The minimum atomic E-state index is -0.258. The maximum atomic E-state index is 10.6. The van der Waals surface area contributed by atoms with Crippen LogP contribution in [0.25, 0.3) is 0 Å². The Hall–Kier alpha value is -1.05. The third-order valence-corrected chi connectivity index (χ3v) is 1.24. The van der Waals surface area contributed by atoms with Crippen LogP contribution in [0.15, 0.2) is 27.4 Å². The van der Waals surface area contributed by atoms with Gasteiger partial charge < -0.3 is 4.42 Å². The molecule has 2 nitrogen and oxygen atoms in total. The van der Waals surface area contributed by atoms with Crippen LogP contribution >= 0.6 is 0 Å². The van der Waals surface area contributed by atoms with E-state index in [-0.39, 0.29) is 5.63 Å². The smallest absolute Gasteiger partial charge is 0.335 e. The third kappa shape index (κ3) is 1.72. The zero-order valence-corrected chi connectivity index (χ0v) is 5.96. The minimum absolute atomic E-state index is 0.258. The molecule has 0 aliphatic carbocycles. The van der Waals surface area contributed by atoms with E-state index in [0.717, 1.165) is 18.6 Å². The molecule has 1 rings (SSSR count). The van der Waals surface area contributed by atoms with E-state index in [1.807, 2.05) is 13.0 Å². The van der Waals surface area contributed by atoms with E-state index in [2.05, 4.69) is 0 Å². The number of rotatable bonds is 2. The summed E-state index contributed by atoms with van der Waals surface area (Å²) < 4.78 is 4.86. The zero-order chi connectivity index (χ0) is 7.40. The van der Waals surface area contributed by atoms with Crippen LogP contribution in [0.4, 0.5) is 0 Å². The Morgan fingerprint density at radius 3 is 2.90 bits per heavy atom. The summed E-state index contributed by atoms with van der Waals surface area (Å²) in [5, 5.41) is 0. The SMILES string of the molecule is CCCc1cccc(=O)o1. The first-order chi connectivity index (χ1) is 4.83. The second-order valence-corrected chi connectivity index (χ2v) is 2.16. The van der Waals surface area contributed by atoms with Crippen LogP contribution in [0, 0.1) is 0 Å². The van der Waals surface area contributed by atoms with Gasteiger partial charge in [-0.1, -0.05) is 13.0 Å². The number of hydrogen-bond donors (Lipinski definition) is 0. The monoisotopic (exact) mass is 138 g/mol. The lowest BCUT2D eigenvalue weighted by Crippen LogP contribution is -1.97. The van der Waals surface area contributed by atoms with E-state index in [1.165, 1.54) is 6.07 Å². The molecule has 1 aromatic rings. The van der Waals surface area contributed by atoms with Gasteiger partial charge in [-0.05, 0) is 12.5 Å². The van der Waals surface area contributed by atoms with Gasteiger partial charge in [0.05, 0.1) is 0 Å². The van der Waals surface area contributed by atoms with E-state index in [9.17, 15) is 4.79 Å². The first kappa shape index (κ1) is 7.06. The van der Waals surface area contributed by atoms with E-state index >= 15 is 0 Å². The molecular formula is C8H10O2. The van der Waals surface area contributed by atoms with Gasteiger partial charge in [0.2, 0.25) is 0 Å². The Morgan fingerprint density at radius 2 is 2.30 bits per heavy atom. The molecule has 54 valence electrons. The molecule has 0 saturated carbocycles. The van der Waals surface area contributed by atoms with Crippen molar-refractivity contribution in [3.8, 4) is 0 Å². The summed E-state index contributed by atoms with van der Waals surface area (Å²) >= 11 is 0. The quantitative estimate of drug-likeness (QED) is 0.621. The molecule has 1 heterocycles. The normalized spacial score (nSPS) is 9.70. The molecule has 0 fully saturated rings. The fourth-order valence-corrected chi connectivity index (χ4v) is 0.812. The van der Waals surface area contributed by atoms with E-state index in [1.54, 1.807) is 6.07 Å². The van der Waals surface area contributed by atoms with Crippen molar-refractivity contribution in [2.75, 3.05) is 0 Å². The summed E-state index contributed by atoms with van der Waals surface area (Å²) in [6.07, 6.45) is 1.85. The van der Waals surface area contributed by atoms with Gasteiger partial charge in [-0.2, -0.15) is 0 Å². The Kier molecular flexibility index (Phi) is 2.26. The van der Waals surface area contributed by atoms with Gasteiger partial charge in [-0.15, -0.1) is 0 Å². The van der Waals surface area contributed by atoms with Gasteiger partial charge >= 0.3 is 5.63 Å². The molecule has 0 amide bonds. The molecule has 2 heteroatoms. The maximum Gasteiger partial charge on any atom is 0.335 e. The molecule has 0 aliphatic rings. The van der Waals surface area contributed by atoms with Crippen molar-refractivity contribution in [1.29, 1.82) is 0 Å². The third-order valence-electron chi connectivity index (χ3n) is 1.24. The molecule has 0 unspecified atom stereocenters. The Morgan fingerprint density at radius 1 is 1.50 bits per heavy atom. The van der Waals surface area contributed by atoms with Gasteiger partial charge in [0.1, 0.15) is 5.76 Å². The predicted octanol–water partition coefficient (Wildman–Crippen LogP) is 1.59. The summed E-state index contributed by atoms with van der Waals surface area (Å²) in [7, 11) is 0. The van der Waals surface area contributed by atoms with E-state index in [0.29, 0.717) is 0 Å². The van der Waals surface area contributed by atoms with Crippen molar-refractivity contribution < 1.29 is 4.42 Å². The van der Waals surface area contributed by atoms with Gasteiger partial charge in [-0.3, -0.25) is 0 Å². The molecule has 0 saturated heterocycles. The van der Waals surface area contributed by atoms with Crippen LogP contribution in [-0.2, 0) is 6.42 Å². The Labute approximate surface area is 59.5 Å². The second-order valence-electron chi connectivity index (χ2n) is 2.16. The van der Waals surface area contributed by atoms with Gasteiger partial charge in [-0.25, -0.2) is 4.79 Å². The summed E-state index contributed by atoms with van der Waals surface area (Å²) in [5.74, 6) is 0.773. The molecule has 0 spiro atoms. The average Bonchev–Trinajstić information content (AvgIpc) is 1.88. The van der Waals surface area contributed by atoms with E-state index in [4.69, 9.17) is 4.42 Å². The minimum Gasteiger partial charge on any atom is -0.428 e. The zero-order valence-electron chi connectivity index (χ0n) is 5.96. The largest absolute Gasteiger partial charge is 0.428 e. The van der Waals surface area contributed by atoms with Crippen molar-refractivity contribution in [3.05, 3.63) is 34.4 Å². The lowest BCUT2D eigenvalue weighted by atomic mass is 10.2. The van der Waals surface area contributed by atoms with Crippen LogP contribution < -0.4 is 5.63 Å². The van der Waals surface area contributed by atoms with E-state index < -0.39 is 0 Å². The molecule has 1 aromatic heterocycles. The molecule has 0 radical (unpaired) electrons. The fraction of sp³-hybridized carbons (Fsp3) is 0.375. The van der Waals surface area contributed by atoms with Crippen LogP contribution in [0.5, 0.6) is 0 Å². The summed E-state index contributed by atoms with van der Waals surface area (Å²) in [6.45, 7) is 2.05. The Bertz CT molecular complexity index is 249. The van der Waals surface area contributed by atoms with Crippen molar-refractivity contribution in [1.82, 2.24) is 0 Å². The predicted molar refractivity (Wildman–Crippen MR) is 39.0 cm³/mol. The lowest BCUT2D eigenvalue weighted by molar-refractivity contribution is 0.457. The highest BCUT2D eigenvalue weighted by molar-refractivity contribution is 4.98. The topological polar surface area (TPSA) is 30.2 Å². The number of aryl methyl sites for hydroxylation is 1. The van der Waals surface area contributed by atoms with Crippen LogP contribution in [0.2, 0.25) is 0 Å². The number of hydrogen-bond acceptors (Lipinski definition) is 2. The first-order valence-electron chi connectivity index (χ1n) is 3.42. The Balaban J connectivity index is 2.85. The fourth-order valence-electron chi connectivity index (χ4n) is 0.812. The first-order valence-corrected chi connectivity index (χ1v) is 3.42.